The number of carbonyl (C=O) groups excluding carboxylic acids is 1. The van der Waals surface area contributed by atoms with Crippen LogP contribution in [0.25, 0.3) is 0 Å². The molecule has 1 amide bonds. The lowest BCUT2D eigenvalue weighted by Crippen LogP contribution is -2.50. The van der Waals surface area contributed by atoms with E-state index in [1.54, 1.807) is 12.3 Å². The van der Waals surface area contributed by atoms with Gasteiger partial charge in [-0.2, -0.15) is 0 Å². The number of carbonyl (C=O) groups is 1. The van der Waals surface area contributed by atoms with Gasteiger partial charge in [-0.05, 0) is 12.5 Å². The molecule has 114 valence electrons. The smallest absolute Gasteiger partial charge is 0.228 e. The molecular formula is C14H17Cl2N3O2. The van der Waals surface area contributed by atoms with Crippen molar-refractivity contribution in [3.8, 4) is 0 Å². The molecule has 21 heavy (non-hydrogen) atoms. The van der Waals surface area contributed by atoms with Gasteiger partial charge in [-0.3, -0.25) is 4.79 Å². The van der Waals surface area contributed by atoms with Crippen molar-refractivity contribution >= 4 is 34.9 Å². The van der Waals surface area contributed by atoms with Crippen LogP contribution >= 0.6 is 23.2 Å². The van der Waals surface area contributed by atoms with E-state index < -0.39 is 0 Å². The zero-order valence-corrected chi connectivity index (χ0v) is 13.1. The number of hydrogen-bond acceptors (Lipinski definition) is 4. The Kier molecular flexibility index (Phi) is 4.52. The molecule has 3 heterocycles. The lowest BCUT2D eigenvalue weighted by Gasteiger charge is -2.36. The fraction of sp³-hybridized carbons (Fsp3) is 0.571. The normalized spacial score (nSPS) is 22.7. The van der Waals surface area contributed by atoms with Crippen molar-refractivity contribution in [2.75, 3.05) is 44.3 Å². The Balaban J connectivity index is 1.60. The minimum Gasteiger partial charge on any atom is -0.381 e. The van der Waals surface area contributed by atoms with E-state index >= 15 is 0 Å². The molecule has 3 rings (SSSR count). The number of ether oxygens (including phenoxy) is 1. The Morgan fingerprint density at radius 1 is 1.29 bits per heavy atom. The predicted molar refractivity (Wildman–Crippen MR) is 82.0 cm³/mol. The van der Waals surface area contributed by atoms with Crippen LogP contribution in [0.2, 0.25) is 10.0 Å². The number of nitrogens with zero attached hydrogens (tertiary/aromatic N) is 3. The first kappa shape index (κ1) is 14.9. The van der Waals surface area contributed by atoms with Crippen LogP contribution in [0.1, 0.15) is 6.42 Å². The van der Waals surface area contributed by atoms with Gasteiger partial charge in [-0.25, -0.2) is 4.98 Å². The van der Waals surface area contributed by atoms with Crippen molar-refractivity contribution in [3.63, 3.8) is 0 Å². The molecular weight excluding hydrogens is 313 g/mol. The van der Waals surface area contributed by atoms with Gasteiger partial charge in [0.2, 0.25) is 5.91 Å². The number of anilines is 1. The maximum atomic E-state index is 12.3. The van der Waals surface area contributed by atoms with Crippen LogP contribution in [0.5, 0.6) is 0 Å². The lowest BCUT2D eigenvalue weighted by molar-refractivity contribution is -0.135. The highest BCUT2D eigenvalue weighted by Gasteiger charge is 2.30. The number of rotatable bonds is 2. The van der Waals surface area contributed by atoms with Gasteiger partial charge < -0.3 is 14.5 Å². The predicted octanol–water partition coefficient (Wildman–Crippen LogP) is 2.07. The van der Waals surface area contributed by atoms with Gasteiger partial charge in [0.25, 0.3) is 0 Å². The molecule has 2 fully saturated rings. The third kappa shape index (κ3) is 3.25. The second-order valence-electron chi connectivity index (χ2n) is 5.33. The standard InChI is InChI=1S/C14H17Cl2N3O2/c15-11-7-12(16)13(17-8-11)18-2-4-19(5-3-18)14(20)10-1-6-21-9-10/h7-8,10H,1-6,9H2/t10-/m0/s1. The molecule has 7 heteroatoms. The molecule has 1 atom stereocenters. The van der Waals surface area contributed by atoms with Crippen LogP contribution in [0.3, 0.4) is 0 Å². The van der Waals surface area contributed by atoms with Crippen molar-refractivity contribution < 1.29 is 9.53 Å². The summed E-state index contributed by atoms with van der Waals surface area (Å²) in [5.74, 6) is 0.980. The molecule has 0 N–H and O–H groups in total. The largest absolute Gasteiger partial charge is 0.381 e. The first-order valence-electron chi connectivity index (χ1n) is 7.07. The van der Waals surface area contributed by atoms with E-state index in [2.05, 4.69) is 9.88 Å². The molecule has 2 aliphatic heterocycles. The third-order valence-corrected chi connectivity index (χ3v) is 4.44. The van der Waals surface area contributed by atoms with E-state index in [-0.39, 0.29) is 11.8 Å². The Hall–Kier alpha value is -1.04. The number of piperazine rings is 1. The number of amides is 1. The van der Waals surface area contributed by atoms with E-state index in [1.165, 1.54) is 0 Å². The fourth-order valence-electron chi connectivity index (χ4n) is 2.77. The van der Waals surface area contributed by atoms with E-state index in [9.17, 15) is 4.79 Å². The SMILES string of the molecule is O=C([C@H]1CCOC1)N1CCN(c2ncc(Cl)cc2Cl)CC1. The van der Waals surface area contributed by atoms with Gasteiger partial charge in [-0.1, -0.05) is 23.2 Å². The highest BCUT2D eigenvalue weighted by atomic mass is 35.5. The molecule has 0 aromatic carbocycles. The second-order valence-corrected chi connectivity index (χ2v) is 6.18. The van der Waals surface area contributed by atoms with Crippen molar-refractivity contribution in [1.29, 1.82) is 0 Å². The van der Waals surface area contributed by atoms with Gasteiger partial charge in [0.1, 0.15) is 5.82 Å². The number of hydrogen-bond donors (Lipinski definition) is 0. The summed E-state index contributed by atoms with van der Waals surface area (Å²) in [7, 11) is 0. The molecule has 1 aromatic heterocycles. The second kappa shape index (κ2) is 6.38. The zero-order valence-electron chi connectivity index (χ0n) is 11.6. The molecule has 0 spiro atoms. The Morgan fingerprint density at radius 2 is 2.05 bits per heavy atom. The average Bonchev–Trinajstić information content (AvgIpc) is 3.01. The Morgan fingerprint density at radius 3 is 2.67 bits per heavy atom. The maximum absolute atomic E-state index is 12.3. The quantitative estimate of drug-likeness (QED) is 0.833. The molecule has 0 radical (unpaired) electrons. The van der Waals surface area contributed by atoms with Gasteiger partial charge in [0.05, 0.1) is 22.6 Å². The first-order chi connectivity index (χ1) is 10.1. The molecule has 0 unspecified atom stereocenters. The summed E-state index contributed by atoms with van der Waals surface area (Å²) < 4.78 is 5.29. The summed E-state index contributed by atoms with van der Waals surface area (Å²) in [4.78, 5) is 20.6. The van der Waals surface area contributed by atoms with Crippen molar-refractivity contribution in [1.82, 2.24) is 9.88 Å². The summed E-state index contributed by atoms with van der Waals surface area (Å²) >= 11 is 12.0. The van der Waals surface area contributed by atoms with E-state index in [0.717, 1.165) is 25.3 Å². The minimum atomic E-state index is 0.0359. The topological polar surface area (TPSA) is 45.7 Å². The summed E-state index contributed by atoms with van der Waals surface area (Å²) in [5.41, 5.74) is 0. The summed E-state index contributed by atoms with van der Waals surface area (Å²) in [6.45, 7) is 4.09. The highest BCUT2D eigenvalue weighted by molar-refractivity contribution is 6.36. The molecule has 0 aliphatic carbocycles. The maximum Gasteiger partial charge on any atom is 0.228 e. The number of aromatic nitrogens is 1. The lowest BCUT2D eigenvalue weighted by atomic mass is 10.1. The summed E-state index contributed by atoms with van der Waals surface area (Å²) in [5, 5.41) is 1.07. The van der Waals surface area contributed by atoms with Crippen LogP contribution in [0.4, 0.5) is 5.82 Å². The first-order valence-corrected chi connectivity index (χ1v) is 7.83. The zero-order chi connectivity index (χ0) is 14.8. The third-order valence-electron chi connectivity index (χ3n) is 3.96. The van der Waals surface area contributed by atoms with Crippen LogP contribution in [0, 0.1) is 5.92 Å². The molecule has 0 saturated carbocycles. The minimum absolute atomic E-state index is 0.0359. The molecule has 2 aliphatic rings. The average molecular weight is 330 g/mol. The van der Waals surface area contributed by atoms with Gasteiger partial charge in [0, 0.05) is 39.0 Å². The molecule has 5 nitrogen and oxygen atoms in total. The highest BCUT2D eigenvalue weighted by Crippen LogP contribution is 2.27. The van der Waals surface area contributed by atoms with Crippen LogP contribution in [-0.4, -0.2) is 55.2 Å². The van der Waals surface area contributed by atoms with Crippen molar-refractivity contribution in [2.45, 2.75) is 6.42 Å². The van der Waals surface area contributed by atoms with Crippen LogP contribution in [-0.2, 0) is 9.53 Å². The van der Waals surface area contributed by atoms with Crippen molar-refractivity contribution in [3.05, 3.63) is 22.3 Å². The van der Waals surface area contributed by atoms with Gasteiger partial charge >= 0.3 is 0 Å². The summed E-state index contributed by atoms with van der Waals surface area (Å²) in [6.07, 6.45) is 2.43. The Bertz CT molecular complexity index is 527. The number of halogens is 2. The van der Waals surface area contributed by atoms with Crippen LogP contribution in [0.15, 0.2) is 12.3 Å². The molecule has 1 aromatic rings. The number of pyridine rings is 1. The Labute approximate surface area is 133 Å². The van der Waals surface area contributed by atoms with Gasteiger partial charge in [-0.15, -0.1) is 0 Å². The summed E-state index contributed by atoms with van der Waals surface area (Å²) in [6, 6.07) is 1.69. The van der Waals surface area contributed by atoms with Crippen molar-refractivity contribution in [2.24, 2.45) is 5.92 Å². The molecule has 2 saturated heterocycles. The van der Waals surface area contributed by atoms with E-state index in [1.807, 2.05) is 4.90 Å². The van der Waals surface area contributed by atoms with Gasteiger partial charge in [0.15, 0.2) is 0 Å². The fourth-order valence-corrected chi connectivity index (χ4v) is 3.27. The monoisotopic (exact) mass is 329 g/mol. The van der Waals surface area contributed by atoms with E-state index in [4.69, 9.17) is 27.9 Å². The van der Waals surface area contributed by atoms with Crippen LogP contribution < -0.4 is 4.90 Å². The van der Waals surface area contributed by atoms with E-state index in [0.29, 0.717) is 36.3 Å². The molecule has 0 bridgehead atoms.